The van der Waals surface area contributed by atoms with Crippen molar-refractivity contribution in [2.45, 2.75) is 12.3 Å². The van der Waals surface area contributed by atoms with Crippen LogP contribution < -0.4 is 5.32 Å². The molecule has 32 heavy (non-hydrogen) atoms. The molecule has 0 heterocycles. The van der Waals surface area contributed by atoms with E-state index in [2.05, 4.69) is 29.3 Å². The lowest BCUT2D eigenvalue weighted by Crippen LogP contribution is -2.26. The van der Waals surface area contributed by atoms with Gasteiger partial charge in [-0.25, -0.2) is 4.79 Å². The Kier molecular flexibility index (Phi) is 6.13. The zero-order chi connectivity index (χ0) is 22.5. The van der Waals surface area contributed by atoms with Crippen LogP contribution in [0.4, 0.5) is 14.9 Å². The van der Waals surface area contributed by atoms with Crippen LogP contribution in [0, 0.1) is 27.8 Å². The van der Waals surface area contributed by atoms with Crippen LogP contribution in [0.25, 0.3) is 11.1 Å². The molecule has 0 spiro atoms. The number of carbonyl (C=O) groups is 1. The zero-order valence-electron chi connectivity index (χ0n) is 17.0. The summed E-state index contributed by atoms with van der Waals surface area (Å²) in [5.74, 6) is 4.34. The van der Waals surface area contributed by atoms with Crippen LogP contribution in [0.3, 0.4) is 0 Å². The molecular formula is C25H19FN2O4. The Labute approximate surface area is 184 Å². The summed E-state index contributed by atoms with van der Waals surface area (Å²) in [5, 5.41) is 13.6. The number of rotatable bonds is 5. The largest absolute Gasteiger partial charge is 0.449 e. The topological polar surface area (TPSA) is 81.5 Å². The molecule has 0 bridgehead atoms. The number of fused-ring (bicyclic) bond motifs is 3. The van der Waals surface area contributed by atoms with Gasteiger partial charge in [0.1, 0.15) is 12.2 Å². The Balaban J connectivity index is 1.31. The molecule has 7 heteroatoms. The van der Waals surface area contributed by atoms with Crippen LogP contribution in [-0.4, -0.2) is 24.2 Å². The third-order valence-electron chi connectivity index (χ3n) is 5.26. The minimum absolute atomic E-state index is 0.00357. The molecule has 1 N–H and O–H groups in total. The van der Waals surface area contributed by atoms with Gasteiger partial charge >= 0.3 is 11.8 Å². The van der Waals surface area contributed by atoms with Crippen LogP contribution in [0.1, 0.15) is 29.0 Å². The monoisotopic (exact) mass is 430 g/mol. The molecule has 3 aromatic rings. The summed E-state index contributed by atoms with van der Waals surface area (Å²) < 4.78 is 19.0. The first-order valence-electron chi connectivity index (χ1n) is 10.1. The first-order chi connectivity index (χ1) is 15.6. The standard InChI is InChI=1S/C25H19FN2O4/c26-23-14-7-9-17(24(23)28(30)31)8-5-6-15-27-25(29)32-16-22-20-12-3-1-10-18(20)19-11-2-4-13-21(19)22/h1-4,7,9-14,22H,6,15-16H2,(H,27,29). The Hall–Kier alpha value is -4.18. The van der Waals surface area contributed by atoms with E-state index in [0.29, 0.717) is 0 Å². The van der Waals surface area contributed by atoms with Gasteiger partial charge in [-0.1, -0.05) is 66.4 Å². The van der Waals surface area contributed by atoms with E-state index in [-0.39, 0.29) is 31.1 Å². The van der Waals surface area contributed by atoms with Gasteiger partial charge in [0, 0.05) is 18.9 Å². The fourth-order valence-electron chi connectivity index (χ4n) is 3.84. The lowest BCUT2D eigenvalue weighted by atomic mass is 9.98. The fourth-order valence-corrected chi connectivity index (χ4v) is 3.84. The van der Waals surface area contributed by atoms with Gasteiger partial charge in [-0.05, 0) is 34.4 Å². The van der Waals surface area contributed by atoms with E-state index in [1.807, 2.05) is 36.4 Å². The predicted molar refractivity (Wildman–Crippen MR) is 118 cm³/mol. The minimum Gasteiger partial charge on any atom is -0.449 e. The molecule has 1 aliphatic carbocycles. The fraction of sp³-hybridized carbons (Fsp3) is 0.160. The quantitative estimate of drug-likeness (QED) is 0.267. The maximum Gasteiger partial charge on any atom is 0.407 e. The highest BCUT2D eigenvalue weighted by molar-refractivity contribution is 5.79. The van der Waals surface area contributed by atoms with Gasteiger partial charge in [0.25, 0.3) is 0 Å². The van der Waals surface area contributed by atoms with Crippen molar-refractivity contribution in [3.63, 3.8) is 0 Å². The average molecular weight is 430 g/mol. The molecular weight excluding hydrogens is 411 g/mol. The number of para-hydroxylation sites is 1. The average Bonchev–Trinajstić information content (AvgIpc) is 3.11. The molecule has 0 saturated carbocycles. The molecule has 160 valence electrons. The predicted octanol–water partition coefficient (Wildman–Crippen LogP) is 5.01. The number of hydrogen-bond donors (Lipinski definition) is 1. The number of carbonyl (C=O) groups excluding carboxylic acids is 1. The van der Waals surface area contributed by atoms with E-state index >= 15 is 0 Å². The third-order valence-corrected chi connectivity index (χ3v) is 5.26. The molecule has 0 fully saturated rings. The lowest BCUT2D eigenvalue weighted by molar-refractivity contribution is -0.387. The summed E-state index contributed by atoms with van der Waals surface area (Å²) in [6, 6.07) is 19.9. The number of halogens is 1. The lowest BCUT2D eigenvalue weighted by Gasteiger charge is -2.14. The summed E-state index contributed by atoms with van der Waals surface area (Å²) in [7, 11) is 0. The number of nitro benzene ring substituents is 1. The summed E-state index contributed by atoms with van der Waals surface area (Å²) in [5.41, 5.74) is 3.91. The van der Waals surface area contributed by atoms with Gasteiger partial charge in [-0.3, -0.25) is 10.1 Å². The van der Waals surface area contributed by atoms with Gasteiger partial charge in [0.05, 0.1) is 4.92 Å². The molecule has 6 nitrogen and oxygen atoms in total. The highest BCUT2D eigenvalue weighted by atomic mass is 19.1. The summed E-state index contributed by atoms with van der Waals surface area (Å²) in [6.07, 6.45) is -0.330. The second kappa shape index (κ2) is 9.31. The van der Waals surface area contributed by atoms with Gasteiger partial charge in [0.15, 0.2) is 0 Å². The van der Waals surface area contributed by atoms with E-state index in [9.17, 15) is 19.3 Å². The molecule has 1 aliphatic rings. The third kappa shape index (κ3) is 4.30. The smallest absolute Gasteiger partial charge is 0.407 e. The van der Waals surface area contributed by atoms with Gasteiger partial charge in [-0.2, -0.15) is 4.39 Å². The van der Waals surface area contributed by atoms with E-state index in [4.69, 9.17) is 4.74 Å². The van der Waals surface area contributed by atoms with Crippen LogP contribution in [0.5, 0.6) is 0 Å². The number of nitrogens with one attached hydrogen (secondary N) is 1. The van der Waals surface area contributed by atoms with Crippen molar-refractivity contribution in [2.24, 2.45) is 0 Å². The number of amides is 1. The van der Waals surface area contributed by atoms with E-state index < -0.39 is 22.5 Å². The number of ether oxygens (including phenoxy) is 1. The first kappa shape index (κ1) is 21.1. The van der Waals surface area contributed by atoms with E-state index in [0.717, 1.165) is 28.3 Å². The summed E-state index contributed by atoms with van der Waals surface area (Å²) in [6.45, 7) is 0.411. The molecule has 0 atom stereocenters. The molecule has 0 aliphatic heterocycles. The van der Waals surface area contributed by atoms with Gasteiger partial charge in [-0.15, -0.1) is 0 Å². The first-order valence-corrected chi connectivity index (χ1v) is 10.1. The number of alkyl carbamates (subject to hydrolysis) is 1. The summed E-state index contributed by atoms with van der Waals surface area (Å²) >= 11 is 0. The van der Waals surface area contributed by atoms with Crippen LogP contribution in [0.2, 0.25) is 0 Å². The van der Waals surface area contributed by atoms with E-state index in [1.54, 1.807) is 0 Å². The second-order valence-corrected chi connectivity index (χ2v) is 7.20. The van der Waals surface area contributed by atoms with Crippen molar-refractivity contribution >= 4 is 11.8 Å². The molecule has 0 saturated heterocycles. The van der Waals surface area contributed by atoms with Crippen molar-refractivity contribution in [3.05, 3.63) is 99.4 Å². The summed E-state index contributed by atoms with van der Waals surface area (Å²) in [4.78, 5) is 22.3. The highest BCUT2D eigenvalue weighted by Crippen LogP contribution is 2.44. The van der Waals surface area contributed by atoms with Gasteiger partial charge < -0.3 is 10.1 Å². The van der Waals surface area contributed by atoms with Crippen LogP contribution in [0.15, 0.2) is 66.7 Å². The Morgan fingerprint density at radius 1 is 1.03 bits per heavy atom. The van der Waals surface area contributed by atoms with Crippen molar-refractivity contribution in [1.82, 2.24) is 5.32 Å². The SMILES string of the molecule is O=C(NCCC#Cc1cccc(F)c1[N+](=O)[O-])OCC1c2ccccc2-c2ccccc21. The Morgan fingerprint density at radius 3 is 2.34 bits per heavy atom. The van der Waals surface area contributed by atoms with Crippen LogP contribution in [-0.2, 0) is 4.74 Å². The molecule has 0 aromatic heterocycles. The molecule has 1 amide bonds. The molecule has 0 unspecified atom stereocenters. The van der Waals surface area contributed by atoms with Crippen molar-refractivity contribution in [3.8, 4) is 23.0 Å². The van der Waals surface area contributed by atoms with Crippen LogP contribution >= 0.6 is 0 Å². The zero-order valence-corrected chi connectivity index (χ0v) is 17.0. The number of benzene rings is 3. The number of hydrogen-bond acceptors (Lipinski definition) is 4. The Bertz CT molecular complexity index is 1200. The van der Waals surface area contributed by atoms with Crippen molar-refractivity contribution in [2.75, 3.05) is 13.2 Å². The maximum atomic E-state index is 13.6. The van der Waals surface area contributed by atoms with Crippen molar-refractivity contribution in [1.29, 1.82) is 0 Å². The van der Waals surface area contributed by atoms with Gasteiger partial charge in [0.2, 0.25) is 5.82 Å². The normalized spacial score (nSPS) is 11.7. The second-order valence-electron chi connectivity index (χ2n) is 7.20. The van der Waals surface area contributed by atoms with E-state index in [1.165, 1.54) is 12.1 Å². The maximum absolute atomic E-state index is 13.6. The molecule has 0 radical (unpaired) electrons. The van der Waals surface area contributed by atoms with Crippen molar-refractivity contribution < 1.29 is 18.8 Å². The Morgan fingerprint density at radius 2 is 1.69 bits per heavy atom. The minimum atomic E-state index is -0.932. The molecule has 3 aromatic carbocycles. The number of nitro groups is 1. The highest BCUT2D eigenvalue weighted by Gasteiger charge is 2.28. The molecule has 4 rings (SSSR count). The number of nitrogens with zero attached hydrogens (tertiary/aromatic N) is 1.